The predicted molar refractivity (Wildman–Crippen MR) is 102 cm³/mol. The first-order chi connectivity index (χ1) is 11.7. The van der Waals surface area contributed by atoms with Crippen LogP contribution in [-0.4, -0.2) is 0 Å². The molecule has 0 nitrogen and oxygen atoms in total. The van der Waals surface area contributed by atoms with Crippen molar-refractivity contribution in [1.82, 2.24) is 0 Å². The Morgan fingerprint density at radius 3 is 1.83 bits per heavy atom. The van der Waals surface area contributed by atoms with Gasteiger partial charge in [0.2, 0.25) is 0 Å². The zero-order valence-corrected chi connectivity index (χ0v) is 13.7. The maximum atomic E-state index is 13.7. The Kier molecular flexibility index (Phi) is 5.25. The third-order valence-electron chi connectivity index (χ3n) is 3.66. The maximum absolute atomic E-state index is 13.7. The van der Waals surface area contributed by atoms with E-state index >= 15 is 0 Å². The highest BCUT2D eigenvalue weighted by Crippen LogP contribution is 2.25. The molecule has 0 saturated carbocycles. The zero-order valence-electron chi connectivity index (χ0n) is 13.0. The van der Waals surface area contributed by atoms with Crippen molar-refractivity contribution in [2.45, 2.75) is 0 Å². The molecule has 0 spiro atoms. The van der Waals surface area contributed by atoms with E-state index in [-0.39, 0.29) is 5.82 Å². The molecule has 0 aliphatic heterocycles. The minimum Gasteiger partial charge on any atom is -0.206 e. The normalized spacial score (nSPS) is 11.4. The molecule has 0 aromatic heterocycles. The van der Waals surface area contributed by atoms with Gasteiger partial charge in [0.25, 0.3) is 0 Å². The van der Waals surface area contributed by atoms with Crippen LogP contribution in [0.3, 0.4) is 0 Å². The molecule has 3 aromatic carbocycles. The van der Waals surface area contributed by atoms with E-state index in [2.05, 4.69) is 0 Å². The van der Waals surface area contributed by atoms with E-state index < -0.39 is 0 Å². The van der Waals surface area contributed by atoms with E-state index in [1.807, 2.05) is 72.8 Å². The van der Waals surface area contributed by atoms with Crippen LogP contribution in [-0.2, 0) is 0 Å². The summed E-state index contributed by atoms with van der Waals surface area (Å²) < 4.78 is 13.7. The van der Waals surface area contributed by atoms with E-state index in [0.717, 1.165) is 16.7 Å². The third-order valence-corrected chi connectivity index (χ3v) is 4.10. The molecule has 0 atom stereocenters. The zero-order chi connectivity index (χ0) is 16.8. The summed E-state index contributed by atoms with van der Waals surface area (Å²) in [5.41, 5.74) is 3.44. The molecule has 0 saturated heterocycles. The molecule has 0 amide bonds. The van der Waals surface area contributed by atoms with Crippen LogP contribution >= 0.6 is 11.6 Å². The lowest BCUT2D eigenvalue weighted by atomic mass is 10.1. The number of rotatable bonds is 4. The standard InChI is InChI=1S/C22H16ClF/c23-22-19(14-13-17-7-2-1-3-8-17)10-6-11-20(22)16-15-18-9-4-5-12-21(18)24/h1-16H. The highest BCUT2D eigenvalue weighted by Gasteiger charge is 2.02. The summed E-state index contributed by atoms with van der Waals surface area (Å²) in [6.45, 7) is 0. The van der Waals surface area contributed by atoms with E-state index in [1.54, 1.807) is 18.2 Å². The Labute approximate surface area is 146 Å². The molecule has 0 bridgehead atoms. The van der Waals surface area contributed by atoms with Gasteiger partial charge in [0.15, 0.2) is 0 Å². The van der Waals surface area contributed by atoms with Crippen molar-refractivity contribution >= 4 is 35.9 Å². The van der Waals surface area contributed by atoms with Crippen molar-refractivity contribution in [1.29, 1.82) is 0 Å². The van der Waals surface area contributed by atoms with Crippen molar-refractivity contribution in [2.75, 3.05) is 0 Å². The molecule has 0 radical (unpaired) electrons. The molecule has 2 heteroatoms. The average molecular weight is 335 g/mol. The Morgan fingerprint density at radius 1 is 0.583 bits per heavy atom. The Hall–Kier alpha value is -2.64. The monoisotopic (exact) mass is 334 g/mol. The topological polar surface area (TPSA) is 0 Å². The van der Waals surface area contributed by atoms with Gasteiger partial charge < -0.3 is 0 Å². The fourth-order valence-electron chi connectivity index (χ4n) is 2.37. The van der Waals surface area contributed by atoms with Gasteiger partial charge >= 0.3 is 0 Å². The SMILES string of the molecule is Fc1ccccc1C=Cc1cccc(C=Cc2ccccc2)c1Cl. The molecule has 0 unspecified atom stereocenters. The van der Waals surface area contributed by atoms with E-state index in [4.69, 9.17) is 11.6 Å². The molecule has 3 aromatic rings. The van der Waals surface area contributed by atoms with Crippen LogP contribution in [0.15, 0.2) is 72.8 Å². The molecule has 0 heterocycles. The molecule has 0 N–H and O–H groups in total. The van der Waals surface area contributed by atoms with Crippen molar-refractivity contribution < 1.29 is 4.39 Å². The molecule has 0 aliphatic carbocycles. The molecule has 24 heavy (non-hydrogen) atoms. The van der Waals surface area contributed by atoms with Crippen molar-refractivity contribution in [3.05, 3.63) is 106 Å². The van der Waals surface area contributed by atoms with Gasteiger partial charge in [0.05, 0.1) is 5.02 Å². The van der Waals surface area contributed by atoms with Crippen LogP contribution in [0.5, 0.6) is 0 Å². The number of hydrogen-bond donors (Lipinski definition) is 0. The minimum absolute atomic E-state index is 0.245. The Morgan fingerprint density at radius 2 is 1.12 bits per heavy atom. The van der Waals surface area contributed by atoms with Gasteiger partial charge in [-0.3, -0.25) is 0 Å². The summed E-state index contributed by atoms with van der Waals surface area (Å²) >= 11 is 6.48. The fourth-order valence-corrected chi connectivity index (χ4v) is 2.62. The van der Waals surface area contributed by atoms with Gasteiger partial charge in [-0.2, -0.15) is 0 Å². The van der Waals surface area contributed by atoms with Gasteiger partial charge in [0.1, 0.15) is 5.82 Å². The summed E-state index contributed by atoms with van der Waals surface area (Å²) in [6.07, 6.45) is 7.57. The lowest BCUT2D eigenvalue weighted by Gasteiger charge is -2.03. The number of halogens is 2. The average Bonchev–Trinajstić information content (AvgIpc) is 2.62. The third kappa shape index (κ3) is 4.01. The second kappa shape index (κ2) is 7.76. The lowest BCUT2D eigenvalue weighted by molar-refractivity contribution is 0.625. The molecule has 0 fully saturated rings. The molecular formula is C22H16ClF. The molecule has 0 aliphatic rings. The van der Waals surface area contributed by atoms with Crippen LogP contribution < -0.4 is 0 Å². The lowest BCUT2D eigenvalue weighted by Crippen LogP contribution is -1.82. The molecule has 3 rings (SSSR count). The van der Waals surface area contributed by atoms with E-state index in [9.17, 15) is 4.39 Å². The van der Waals surface area contributed by atoms with Crippen LogP contribution in [0, 0.1) is 5.82 Å². The minimum atomic E-state index is -0.245. The van der Waals surface area contributed by atoms with Crippen molar-refractivity contribution in [2.24, 2.45) is 0 Å². The first-order valence-corrected chi connectivity index (χ1v) is 8.06. The van der Waals surface area contributed by atoms with Gasteiger partial charge in [-0.1, -0.05) is 103 Å². The summed E-state index contributed by atoms with van der Waals surface area (Å²) in [5, 5.41) is 0.650. The highest BCUT2D eigenvalue weighted by atomic mass is 35.5. The van der Waals surface area contributed by atoms with Crippen molar-refractivity contribution in [3.63, 3.8) is 0 Å². The summed E-state index contributed by atoms with van der Waals surface area (Å²) in [7, 11) is 0. The van der Waals surface area contributed by atoms with Crippen LogP contribution in [0.4, 0.5) is 4.39 Å². The summed E-state index contributed by atoms with van der Waals surface area (Å²) in [5.74, 6) is -0.245. The van der Waals surface area contributed by atoms with Gasteiger partial charge in [-0.05, 0) is 22.8 Å². The van der Waals surface area contributed by atoms with Gasteiger partial charge in [0, 0.05) is 5.56 Å². The van der Waals surface area contributed by atoms with E-state index in [0.29, 0.717) is 10.6 Å². The maximum Gasteiger partial charge on any atom is 0.130 e. The fraction of sp³-hybridized carbons (Fsp3) is 0. The largest absolute Gasteiger partial charge is 0.206 e. The Bertz CT molecular complexity index is 879. The predicted octanol–water partition coefficient (Wildman–Crippen LogP) is 6.82. The van der Waals surface area contributed by atoms with Crippen LogP contribution in [0.2, 0.25) is 5.02 Å². The van der Waals surface area contributed by atoms with Crippen molar-refractivity contribution in [3.8, 4) is 0 Å². The van der Waals surface area contributed by atoms with Crippen LogP contribution in [0.1, 0.15) is 22.3 Å². The smallest absolute Gasteiger partial charge is 0.130 e. The first-order valence-electron chi connectivity index (χ1n) is 7.68. The second-order valence-electron chi connectivity index (χ2n) is 5.35. The summed E-state index contributed by atoms with van der Waals surface area (Å²) in [4.78, 5) is 0. The Balaban J connectivity index is 1.86. The second-order valence-corrected chi connectivity index (χ2v) is 5.73. The first kappa shape index (κ1) is 16.2. The van der Waals surface area contributed by atoms with Gasteiger partial charge in [-0.25, -0.2) is 4.39 Å². The van der Waals surface area contributed by atoms with Gasteiger partial charge in [-0.15, -0.1) is 0 Å². The quantitative estimate of drug-likeness (QED) is 0.459. The highest BCUT2D eigenvalue weighted by molar-refractivity contribution is 6.33. The number of benzene rings is 3. The van der Waals surface area contributed by atoms with Crippen LogP contribution in [0.25, 0.3) is 24.3 Å². The summed E-state index contributed by atoms with van der Waals surface area (Å²) in [6, 6.07) is 22.5. The number of hydrogen-bond acceptors (Lipinski definition) is 0. The molecular weight excluding hydrogens is 319 g/mol. The molecule has 118 valence electrons. The van der Waals surface area contributed by atoms with E-state index in [1.165, 1.54) is 6.07 Å².